The van der Waals surface area contributed by atoms with Gasteiger partial charge in [0, 0.05) is 58.3 Å². The van der Waals surface area contributed by atoms with Gasteiger partial charge in [0.25, 0.3) is 5.91 Å². The van der Waals surface area contributed by atoms with Crippen molar-refractivity contribution in [2.75, 3.05) is 20.2 Å². The molecule has 3 aromatic carbocycles. The van der Waals surface area contributed by atoms with Crippen LogP contribution in [0.1, 0.15) is 53.1 Å². The van der Waals surface area contributed by atoms with E-state index in [1.54, 1.807) is 0 Å². The number of piperidine rings is 1. The van der Waals surface area contributed by atoms with Crippen molar-refractivity contribution in [1.82, 2.24) is 9.62 Å². The first-order chi connectivity index (χ1) is 22.5. The number of nitrogens with zero attached hydrogens (tertiary/aromatic N) is 1. The summed E-state index contributed by atoms with van der Waals surface area (Å²) in [6.45, 7) is 0.627. The van der Waals surface area contributed by atoms with Gasteiger partial charge in [-0.25, -0.2) is 8.42 Å². The van der Waals surface area contributed by atoms with Crippen molar-refractivity contribution in [1.29, 1.82) is 5.41 Å². The van der Waals surface area contributed by atoms with Gasteiger partial charge >= 0.3 is 0 Å². The highest BCUT2D eigenvalue weighted by Crippen LogP contribution is 2.39. The lowest BCUT2D eigenvalue weighted by Gasteiger charge is -2.34. The van der Waals surface area contributed by atoms with Crippen molar-refractivity contribution in [2.24, 2.45) is 11.7 Å². The number of hydrogen-bond acceptors (Lipinski definition) is 6. The normalized spacial score (nSPS) is 18.6. The van der Waals surface area contributed by atoms with E-state index in [0.29, 0.717) is 47.7 Å². The van der Waals surface area contributed by atoms with Crippen molar-refractivity contribution >= 4 is 44.8 Å². The van der Waals surface area contributed by atoms with Gasteiger partial charge in [-0.15, -0.1) is 0 Å². The average molecular weight is 692 g/mol. The van der Waals surface area contributed by atoms with E-state index in [-0.39, 0.29) is 28.0 Å². The summed E-state index contributed by atoms with van der Waals surface area (Å²) >= 11 is 12.5. The van der Waals surface area contributed by atoms with Crippen molar-refractivity contribution in [3.05, 3.63) is 129 Å². The van der Waals surface area contributed by atoms with E-state index < -0.39 is 15.9 Å². The van der Waals surface area contributed by atoms with Gasteiger partial charge in [0.05, 0.1) is 23.3 Å². The molecule has 1 aliphatic heterocycles. The summed E-state index contributed by atoms with van der Waals surface area (Å²) in [5.74, 6) is -0.645. The number of benzene rings is 3. The molecule has 2 aliphatic carbocycles. The molecular formula is C36H36Cl2N4O4S. The lowest BCUT2D eigenvalue weighted by atomic mass is 9.80. The smallest absolute Gasteiger partial charge is 0.252 e. The van der Waals surface area contributed by atoms with E-state index in [0.717, 1.165) is 40.8 Å². The molecule has 3 aromatic rings. The van der Waals surface area contributed by atoms with Gasteiger partial charge in [-0.2, -0.15) is 4.31 Å². The predicted octanol–water partition coefficient (Wildman–Crippen LogP) is 6.86. The van der Waals surface area contributed by atoms with E-state index in [2.05, 4.69) is 11.4 Å². The minimum atomic E-state index is -3.84. The average Bonchev–Trinajstić information content (AvgIpc) is 3.90. The fourth-order valence-electron chi connectivity index (χ4n) is 6.28. The molecule has 244 valence electrons. The number of carbonyl (C=O) groups excluding carboxylic acids is 1. The molecule has 11 heteroatoms. The molecule has 2 fully saturated rings. The summed E-state index contributed by atoms with van der Waals surface area (Å²) in [7, 11) is -2.47. The van der Waals surface area contributed by atoms with Gasteiger partial charge in [0.15, 0.2) is 0 Å². The molecule has 0 spiro atoms. The van der Waals surface area contributed by atoms with E-state index >= 15 is 0 Å². The Kier molecular flexibility index (Phi) is 9.62. The largest absolute Gasteiger partial charge is 0.496 e. The summed E-state index contributed by atoms with van der Waals surface area (Å²) in [5.41, 5.74) is 10.9. The van der Waals surface area contributed by atoms with Crippen LogP contribution in [0, 0.1) is 11.3 Å². The van der Waals surface area contributed by atoms with E-state index in [9.17, 15) is 13.2 Å². The van der Waals surface area contributed by atoms with Crippen molar-refractivity contribution in [3.63, 3.8) is 0 Å². The first-order valence-electron chi connectivity index (χ1n) is 15.5. The van der Waals surface area contributed by atoms with Gasteiger partial charge in [-0.1, -0.05) is 53.5 Å². The Bertz CT molecular complexity index is 1850. The summed E-state index contributed by atoms with van der Waals surface area (Å²) in [6.07, 6.45) is 9.26. The number of sulfonamides is 1. The number of allylic oxidation sites excluding steroid dienone is 6. The van der Waals surface area contributed by atoms with Crippen molar-refractivity contribution < 1.29 is 17.9 Å². The van der Waals surface area contributed by atoms with E-state index in [4.69, 9.17) is 39.1 Å². The number of carbonyl (C=O) groups is 1. The second kappa shape index (κ2) is 13.7. The quantitative estimate of drug-likeness (QED) is 0.214. The molecule has 47 heavy (non-hydrogen) atoms. The summed E-state index contributed by atoms with van der Waals surface area (Å²) in [4.78, 5) is 11.8. The van der Waals surface area contributed by atoms with Crippen LogP contribution in [0.15, 0.2) is 107 Å². The third-order valence-electron chi connectivity index (χ3n) is 8.95. The molecule has 0 unspecified atom stereocenters. The van der Waals surface area contributed by atoms with Crippen LogP contribution < -0.4 is 15.8 Å². The number of halogens is 2. The van der Waals surface area contributed by atoms with Gasteiger partial charge in [-0.05, 0) is 90.9 Å². The Morgan fingerprint density at radius 1 is 0.936 bits per heavy atom. The van der Waals surface area contributed by atoms with Gasteiger partial charge < -0.3 is 21.2 Å². The van der Waals surface area contributed by atoms with Gasteiger partial charge in [-0.3, -0.25) is 4.79 Å². The molecule has 0 radical (unpaired) electrons. The monoisotopic (exact) mass is 690 g/mol. The highest BCUT2D eigenvalue weighted by molar-refractivity contribution is 7.89. The Labute approximate surface area is 285 Å². The van der Waals surface area contributed by atoms with Crippen LogP contribution in [0.5, 0.6) is 5.75 Å². The number of rotatable bonds is 10. The lowest BCUT2D eigenvalue weighted by Crippen LogP contribution is -2.41. The molecule has 3 aliphatic rings. The maximum atomic E-state index is 13.6. The standard InChI is InChI=1S/C36H36Cl2N4O4S/c1-46-33-21-29(13-14-30(33)36(40)43)47(44,45)42-18-16-24(17-19-42)35(41-28-11-12-28)31-20-25(6-15-32(31)39)34(22-2-7-26(37)8-3-22)23-4-9-27(38)10-5-23/h2-10,13-15,20-21,24,28,34,39,41H,11-12,16-19H2,1H3,(H2,40,43)/b35-31-,39-32?. The van der Waals surface area contributed by atoms with Crippen LogP contribution in [0.4, 0.5) is 0 Å². The zero-order chi connectivity index (χ0) is 33.3. The van der Waals surface area contributed by atoms with Gasteiger partial charge in [0.2, 0.25) is 10.0 Å². The topological polar surface area (TPSA) is 126 Å². The second-order valence-corrected chi connectivity index (χ2v) is 14.9. The number of amides is 1. The molecule has 4 N–H and O–H groups in total. The third-order valence-corrected chi connectivity index (χ3v) is 11.3. The van der Waals surface area contributed by atoms with E-state index in [1.165, 1.54) is 29.6 Å². The van der Waals surface area contributed by atoms with Crippen LogP contribution in [0.2, 0.25) is 10.0 Å². The molecule has 1 saturated carbocycles. The van der Waals surface area contributed by atoms with Crippen molar-refractivity contribution in [3.8, 4) is 5.75 Å². The van der Waals surface area contributed by atoms with Gasteiger partial charge in [0.1, 0.15) is 5.75 Å². The Balaban J connectivity index is 1.31. The number of nitrogens with one attached hydrogen (secondary N) is 2. The molecule has 8 nitrogen and oxygen atoms in total. The number of nitrogens with two attached hydrogens (primary N) is 1. The molecule has 1 heterocycles. The second-order valence-electron chi connectivity index (χ2n) is 12.1. The zero-order valence-corrected chi connectivity index (χ0v) is 28.2. The maximum absolute atomic E-state index is 13.6. The SMILES string of the molecule is COc1cc(S(=O)(=O)N2CCC(/C(NC3CC3)=C3\C=C(C(c4ccc(Cl)cc4)c4ccc(Cl)cc4)C=CC3=N)CC2)ccc1C(N)=O. The Hall–Kier alpha value is -3.89. The molecule has 1 amide bonds. The minimum Gasteiger partial charge on any atom is -0.496 e. The minimum absolute atomic E-state index is 0.0395. The molecule has 0 bridgehead atoms. The van der Waals surface area contributed by atoms with Crippen LogP contribution in [0.25, 0.3) is 0 Å². The number of primary amides is 1. The predicted molar refractivity (Wildman–Crippen MR) is 186 cm³/mol. The Morgan fingerprint density at radius 3 is 2.06 bits per heavy atom. The Morgan fingerprint density at radius 2 is 1.53 bits per heavy atom. The fraction of sp³-hybridized carbons (Fsp3) is 0.278. The molecular weight excluding hydrogens is 655 g/mol. The zero-order valence-electron chi connectivity index (χ0n) is 25.9. The summed E-state index contributed by atoms with van der Waals surface area (Å²) in [6, 6.07) is 20.1. The lowest BCUT2D eigenvalue weighted by molar-refractivity contribution is 0.0997. The van der Waals surface area contributed by atoms with Crippen LogP contribution in [0.3, 0.4) is 0 Å². The fourth-order valence-corrected chi connectivity index (χ4v) is 8.02. The number of methoxy groups -OCH3 is 1. The van der Waals surface area contributed by atoms with Crippen LogP contribution in [-0.2, 0) is 10.0 Å². The molecule has 0 atom stereocenters. The van der Waals surface area contributed by atoms with Crippen LogP contribution >= 0.6 is 23.2 Å². The summed E-state index contributed by atoms with van der Waals surface area (Å²) < 4.78 is 34.0. The first kappa shape index (κ1) is 33.0. The third kappa shape index (κ3) is 7.18. The maximum Gasteiger partial charge on any atom is 0.252 e. The summed E-state index contributed by atoms with van der Waals surface area (Å²) in [5, 5.41) is 14.0. The number of ether oxygens (including phenoxy) is 1. The highest BCUT2D eigenvalue weighted by atomic mass is 35.5. The molecule has 1 saturated heterocycles. The highest BCUT2D eigenvalue weighted by Gasteiger charge is 2.35. The van der Waals surface area contributed by atoms with E-state index in [1.807, 2.05) is 60.7 Å². The molecule has 6 rings (SSSR count). The first-order valence-corrected chi connectivity index (χ1v) is 17.7. The molecule has 0 aromatic heterocycles. The number of hydrogen-bond donors (Lipinski definition) is 3. The van der Waals surface area contributed by atoms with Crippen LogP contribution in [-0.4, -0.2) is 50.6 Å². The van der Waals surface area contributed by atoms with Crippen molar-refractivity contribution in [2.45, 2.75) is 42.5 Å².